The van der Waals surface area contributed by atoms with Gasteiger partial charge in [0.1, 0.15) is 5.75 Å². The third-order valence-corrected chi connectivity index (χ3v) is 4.36. The van der Waals surface area contributed by atoms with E-state index in [-0.39, 0.29) is 5.75 Å². The molecule has 0 amide bonds. The Labute approximate surface area is 168 Å². The third-order valence-electron chi connectivity index (χ3n) is 4.36. The second kappa shape index (κ2) is 7.57. The van der Waals surface area contributed by atoms with E-state index < -0.39 is 37.7 Å². The molecule has 9 nitrogen and oxygen atoms in total. The van der Waals surface area contributed by atoms with E-state index in [0.29, 0.717) is 16.8 Å². The van der Waals surface area contributed by atoms with Crippen LogP contribution in [0.2, 0.25) is 0 Å². The van der Waals surface area contributed by atoms with Crippen LogP contribution in [0.4, 0.5) is 22.7 Å². The van der Waals surface area contributed by atoms with Crippen LogP contribution >= 0.6 is 0 Å². The number of phenolic OH excluding ortho intramolecular Hbond substituents is 1. The Morgan fingerprint density at radius 3 is 1.59 bits per heavy atom. The second-order valence-corrected chi connectivity index (χ2v) is 8.75. The monoisotopic (exact) mass is 400 g/mol. The average molecular weight is 400 g/mol. The molecule has 0 saturated heterocycles. The quantitative estimate of drug-likeness (QED) is 0.370. The minimum absolute atomic E-state index is 0.153. The van der Waals surface area contributed by atoms with E-state index in [1.807, 2.05) is 41.5 Å². The predicted molar refractivity (Wildman–Crippen MR) is 109 cm³/mol. The van der Waals surface area contributed by atoms with Crippen molar-refractivity contribution in [3.05, 3.63) is 61.7 Å². The summed E-state index contributed by atoms with van der Waals surface area (Å²) in [4.78, 5) is 21.1. The second-order valence-electron chi connectivity index (χ2n) is 8.75. The molecule has 2 aromatic rings. The van der Waals surface area contributed by atoms with Crippen molar-refractivity contribution in [1.82, 2.24) is 0 Å². The minimum Gasteiger partial charge on any atom is -0.507 e. The molecule has 0 saturated carbocycles. The van der Waals surface area contributed by atoms with Gasteiger partial charge in [-0.15, -0.1) is 5.11 Å². The van der Waals surface area contributed by atoms with Crippen molar-refractivity contribution in [3.63, 3.8) is 0 Å². The van der Waals surface area contributed by atoms with Gasteiger partial charge in [-0.1, -0.05) is 41.5 Å². The summed E-state index contributed by atoms with van der Waals surface area (Å²) in [7, 11) is 0. The van der Waals surface area contributed by atoms with Crippen molar-refractivity contribution in [2.45, 2.75) is 52.4 Å². The Hall–Kier alpha value is -3.36. The molecule has 0 bridgehead atoms. The number of nitrogens with zero attached hydrogens (tertiary/aromatic N) is 4. The first-order valence-electron chi connectivity index (χ1n) is 8.95. The Morgan fingerprint density at radius 2 is 1.24 bits per heavy atom. The summed E-state index contributed by atoms with van der Waals surface area (Å²) in [5.41, 5.74) is -0.634. The van der Waals surface area contributed by atoms with Gasteiger partial charge in [0.15, 0.2) is 0 Å². The van der Waals surface area contributed by atoms with Crippen LogP contribution in [0.25, 0.3) is 0 Å². The molecule has 9 heteroatoms. The number of azo groups is 1. The van der Waals surface area contributed by atoms with Crippen molar-refractivity contribution in [3.8, 4) is 5.75 Å². The van der Waals surface area contributed by atoms with E-state index in [1.54, 1.807) is 12.1 Å². The molecular formula is C20H24N4O5. The Bertz CT molecular complexity index is 934. The number of aromatic hydroxyl groups is 1. The first-order valence-corrected chi connectivity index (χ1v) is 8.95. The van der Waals surface area contributed by atoms with Gasteiger partial charge in [0, 0.05) is 23.3 Å². The maximum absolute atomic E-state index is 11.3. The zero-order valence-electron chi connectivity index (χ0n) is 17.3. The largest absolute Gasteiger partial charge is 0.507 e. The van der Waals surface area contributed by atoms with Gasteiger partial charge in [0.25, 0.3) is 0 Å². The van der Waals surface area contributed by atoms with Crippen molar-refractivity contribution in [2.24, 2.45) is 10.2 Å². The Kier molecular flexibility index (Phi) is 5.73. The number of hydrogen-bond acceptors (Lipinski definition) is 7. The fourth-order valence-corrected chi connectivity index (χ4v) is 2.84. The maximum Gasteiger partial charge on any atom is 0.303 e. The molecule has 0 atom stereocenters. The summed E-state index contributed by atoms with van der Waals surface area (Å²) in [6, 6.07) is 6.77. The van der Waals surface area contributed by atoms with Gasteiger partial charge in [-0.05, 0) is 29.0 Å². The fourth-order valence-electron chi connectivity index (χ4n) is 2.84. The van der Waals surface area contributed by atoms with E-state index >= 15 is 0 Å². The molecule has 0 aliphatic rings. The van der Waals surface area contributed by atoms with Crippen LogP contribution in [0, 0.1) is 20.2 Å². The standard InChI is InChI=1S/C20H24N4O5/c1-19(2,3)13-10-12(11-14(18(13)25)20(4,5)6)21-22-17-15(23(26)27)8-7-9-16(17)24(28)29/h7-11,25H,1-6H3. The summed E-state index contributed by atoms with van der Waals surface area (Å²) in [5.74, 6) is 0.153. The molecule has 1 N–H and O–H groups in total. The maximum atomic E-state index is 11.3. The van der Waals surface area contributed by atoms with Crippen LogP contribution in [0.1, 0.15) is 52.7 Å². The van der Waals surface area contributed by atoms with E-state index in [4.69, 9.17) is 0 Å². The number of nitro benzene ring substituents is 2. The van der Waals surface area contributed by atoms with Gasteiger partial charge in [-0.3, -0.25) is 20.2 Å². The number of rotatable bonds is 4. The van der Waals surface area contributed by atoms with Crippen molar-refractivity contribution < 1.29 is 15.0 Å². The molecule has 0 spiro atoms. The molecule has 2 aromatic carbocycles. The lowest BCUT2D eigenvalue weighted by atomic mass is 9.79. The summed E-state index contributed by atoms with van der Waals surface area (Å²) in [6.07, 6.45) is 0. The third kappa shape index (κ3) is 4.74. The van der Waals surface area contributed by atoms with Crippen molar-refractivity contribution in [1.29, 1.82) is 0 Å². The molecular weight excluding hydrogens is 376 g/mol. The van der Waals surface area contributed by atoms with Crippen molar-refractivity contribution in [2.75, 3.05) is 0 Å². The van der Waals surface area contributed by atoms with E-state index in [9.17, 15) is 25.3 Å². The van der Waals surface area contributed by atoms with Gasteiger partial charge in [-0.25, -0.2) is 0 Å². The average Bonchev–Trinajstić information content (AvgIpc) is 2.58. The molecule has 0 aliphatic heterocycles. The smallest absolute Gasteiger partial charge is 0.303 e. The zero-order chi connectivity index (χ0) is 22.1. The summed E-state index contributed by atoms with van der Waals surface area (Å²) in [5, 5.41) is 41.2. The lowest BCUT2D eigenvalue weighted by molar-refractivity contribution is -0.392. The van der Waals surface area contributed by atoms with Gasteiger partial charge in [0.05, 0.1) is 15.5 Å². The molecule has 0 radical (unpaired) electrons. The van der Waals surface area contributed by atoms with Gasteiger partial charge in [0.2, 0.25) is 5.69 Å². The first kappa shape index (κ1) is 21.9. The Morgan fingerprint density at radius 1 is 0.828 bits per heavy atom. The predicted octanol–water partition coefficient (Wildman–Crippen LogP) is 6.22. The van der Waals surface area contributed by atoms with Crippen LogP contribution in [0.5, 0.6) is 5.75 Å². The molecule has 0 aliphatic carbocycles. The van der Waals surface area contributed by atoms with Crippen LogP contribution in [0.15, 0.2) is 40.6 Å². The number of nitro groups is 2. The highest BCUT2D eigenvalue weighted by Gasteiger charge is 2.28. The summed E-state index contributed by atoms with van der Waals surface area (Å²) in [6.45, 7) is 11.6. The normalized spacial score (nSPS) is 12.3. The van der Waals surface area contributed by atoms with E-state index in [0.717, 1.165) is 12.1 Å². The summed E-state index contributed by atoms with van der Waals surface area (Å²) < 4.78 is 0. The highest BCUT2D eigenvalue weighted by atomic mass is 16.6. The molecule has 154 valence electrons. The summed E-state index contributed by atoms with van der Waals surface area (Å²) >= 11 is 0. The Balaban J connectivity index is 2.71. The molecule has 0 aromatic heterocycles. The van der Waals surface area contributed by atoms with Crippen LogP contribution in [-0.2, 0) is 10.8 Å². The topological polar surface area (TPSA) is 131 Å². The fraction of sp³-hybridized carbons (Fsp3) is 0.400. The molecule has 0 fully saturated rings. The van der Waals surface area contributed by atoms with Crippen molar-refractivity contribution >= 4 is 22.7 Å². The van der Waals surface area contributed by atoms with E-state index in [1.165, 1.54) is 6.07 Å². The first-order chi connectivity index (χ1) is 13.2. The zero-order valence-corrected chi connectivity index (χ0v) is 17.3. The van der Waals surface area contributed by atoms with Gasteiger partial charge < -0.3 is 5.11 Å². The number of hydrogen-bond donors (Lipinski definition) is 1. The van der Waals surface area contributed by atoms with Gasteiger partial charge >= 0.3 is 11.4 Å². The van der Waals surface area contributed by atoms with Gasteiger partial charge in [-0.2, -0.15) is 5.11 Å². The highest BCUT2D eigenvalue weighted by Crippen LogP contribution is 2.43. The molecule has 2 rings (SSSR count). The molecule has 0 unspecified atom stereocenters. The molecule has 29 heavy (non-hydrogen) atoms. The number of phenols is 1. The highest BCUT2D eigenvalue weighted by molar-refractivity contribution is 5.70. The number of benzene rings is 2. The lowest BCUT2D eigenvalue weighted by Gasteiger charge is -2.27. The van der Waals surface area contributed by atoms with E-state index in [2.05, 4.69) is 10.2 Å². The molecule has 0 heterocycles. The van der Waals surface area contributed by atoms with Crippen LogP contribution < -0.4 is 0 Å². The lowest BCUT2D eigenvalue weighted by Crippen LogP contribution is -2.16. The van der Waals surface area contributed by atoms with Crippen LogP contribution in [-0.4, -0.2) is 15.0 Å². The van der Waals surface area contributed by atoms with Crippen LogP contribution in [0.3, 0.4) is 0 Å². The minimum atomic E-state index is -0.737. The SMILES string of the molecule is CC(C)(C)c1cc(N=Nc2c([N+](=O)[O-])cccc2[N+](=O)[O-])cc(C(C)(C)C)c1O.